The highest BCUT2D eigenvalue weighted by Gasteiger charge is 2.20. The average molecular weight is 404 g/mol. The third-order valence-corrected chi connectivity index (χ3v) is 4.92. The minimum Gasteiger partial charge on any atom is -0.505 e. The Balaban J connectivity index is 1.57. The van der Waals surface area contributed by atoms with Gasteiger partial charge in [-0.15, -0.1) is 0 Å². The highest BCUT2D eigenvalue weighted by molar-refractivity contribution is 6.01. The highest BCUT2D eigenvalue weighted by atomic mass is 16.5. The van der Waals surface area contributed by atoms with Gasteiger partial charge in [-0.1, -0.05) is 6.07 Å². The van der Waals surface area contributed by atoms with Gasteiger partial charge in [0.25, 0.3) is 5.91 Å². The predicted octanol–water partition coefficient (Wildman–Crippen LogP) is 1.68. The van der Waals surface area contributed by atoms with Crippen molar-refractivity contribution in [2.45, 2.75) is 13.5 Å². The van der Waals surface area contributed by atoms with Crippen molar-refractivity contribution in [3.8, 4) is 11.8 Å². The number of ether oxygens (including phenoxy) is 1. The maximum Gasteiger partial charge on any atom is 0.274 e. The Morgan fingerprint density at radius 1 is 1.27 bits per heavy atom. The number of rotatable bonds is 4. The second-order valence-electron chi connectivity index (χ2n) is 6.91. The van der Waals surface area contributed by atoms with E-state index in [4.69, 9.17) is 10.00 Å². The third kappa shape index (κ3) is 3.86. The standard InChI is InChI=1S/C21H20N6O3/c1-13-18-16(4-5-17(26-18)27-6-8-30-9-7-27)20(28)19(25-13)21(29)24-12-14-2-3-15(10-22)23-11-14/h2-5,11,28H,6-9,12H2,1H3,(H,24,29). The molecule has 2 N–H and O–H groups in total. The molecule has 0 saturated carbocycles. The lowest BCUT2D eigenvalue weighted by Gasteiger charge is -2.28. The molecule has 1 fully saturated rings. The number of nitrogens with zero attached hydrogens (tertiary/aromatic N) is 5. The maximum atomic E-state index is 12.6. The van der Waals surface area contributed by atoms with E-state index >= 15 is 0 Å². The van der Waals surface area contributed by atoms with E-state index in [9.17, 15) is 9.90 Å². The van der Waals surface area contributed by atoms with Crippen LogP contribution in [0.25, 0.3) is 10.9 Å². The molecule has 152 valence electrons. The summed E-state index contributed by atoms with van der Waals surface area (Å²) in [4.78, 5) is 27.7. The van der Waals surface area contributed by atoms with Gasteiger partial charge in [0.2, 0.25) is 0 Å². The van der Waals surface area contributed by atoms with Gasteiger partial charge in [0.15, 0.2) is 11.4 Å². The zero-order chi connectivity index (χ0) is 21.1. The number of carbonyl (C=O) groups is 1. The van der Waals surface area contributed by atoms with Crippen LogP contribution < -0.4 is 10.2 Å². The Morgan fingerprint density at radius 2 is 2.07 bits per heavy atom. The third-order valence-electron chi connectivity index (χ3n) is 4.92. The molecular weight excluding hydrogens is 384 g/mol. The molecule has 1 amide bonds. The summed E-state index contributed by atoms with van der Waals surface area (Å²) in [6.07, 6.45) is 1.52. The van der Waals surface area contributed by atoms with Crippen LogP contribution in [0.1, 0.15) is 27.4 Å². The number of nitriles is 1. The van der Waals surface area contributed by atoms with Gasteiger partial charge in [-0.2, -0.15) is 5.26 Å². The molecule has 1 aliphatic rings. The van der Waals surface area contributed by atoms with Crippen molar-refractivity contribution in [2.75, 3.05) is 31.2 Å². The monoisotopic (exact) mass is 404 g/mol. The van der Waals surface area contributed by atoms with E-state index in [1.165, 1.54) is 6.20 Å². The molecular formula is C21H20N6O3. The smallest absolute Gasteiger partial charge is 0.274 e. The number of pyridine rings is 3. The summed E-state index contributed by atoms with van der Waals surface area (Å²) in [5.41, 5.74) is 2.10. The van der Waals surface area contributed by atoms with Crippen LogP contribution in [0.3, 0.4) is 0 Å². The Kier molecular flexibility index (Phi) is 5.41. The van der Waals surface area contributed by atoms with Gasteiger partial charge in [-0.3, -0.25) is 4.79 Å². The fourth-order valence-electron chi connectivity index (χ4n) is 3.31. The first-order valence-electron chi connectivity index (χ1n) is 9.53. The highest BCUT2D eigenvalue weighted by Crippen LogP contribution is 2.30. The van der Waals surface area contributed by atoms with Gasteiger partial charge < -0.3 is 20.1 Å². The van der Waals surface area contributed by atoms with Crippen molar-refractivity contribution in [3.63, 3.8) is 0 Å². The molecule has 1 aliphatic heterocycles. The second kappa shape index (κ2) is 8.31. The number of aromatic nitrogens is 3. The summed E-state index contributed by atoms with van der Waals surface area (Å²) in [6, 6.07) is 8.83. The van der Waals surface area contributed by atoms with E-state index in [0.29, 0.717) is 35.5 Å². The summed E-state index contributed by atoms with van der Waals surface area (Å²) in [5, 5.41) is 22.7. The molecule has 0 spiro atoms. The zero-order valence-corrected chi connectivity index (χ0v) is 16.4. The molecule has 30 heavy (non-hydrogen) atoms. The molecule has 0 aromatic carbocycles. The fourth-order valence-corrected chi connectivity index (χ4v) is 3.31. The number of nitrogens with one attached hydrogen (secondary N) is 1. The van der Waals surface area contributed by atoms with Crippen LogP contribution in [0.4, 0.5) is 5.82 Å². The van der Waals surface area contributed by atoms with Crippen LogP contribution >= 0.6 is 0 Å². The Hall–Kier alpha value is -3.77. The largest absolute Gasteiger partial charge is 0.505 e. The van der Waals surface area contributed by atoms with Crippen LogP contribution in [0.15, 0.2) is 30.5 Å². The molecule has 0 bridgehead atoms. The van der Waals surface area contributed by atoms with Crippen molar-refractivity contribution in [1.82, 2.24) is 20.3 Å². The maximum absolute atomic E-state index is 12.6. The first kappa shape index (κ1) is 19.5. The number of anilines is 1. The van der Waals surface area contributed by atoms with Crippen molar-refractivity contribution >= 4 is 22.6 Å². The summed E-state index contributed by atoms with van der Waals surface area (Å²) in [6.45, 7) is 4.76. The lowest BCUT2D eigenvalue weighted by Crippen LogP contribution is -2.36. The first-order chi connectivity index (χ1) is 14.6. The van der Waals surface area contributed by atoms with Crippen LogP contribution in [0.2, 0.25) is 0 Å². The quantitative estimate of drug-likeness (QED) is 0.673. The second-order valence-corrected chi connectivity index (χ2v) is 6.91. The SMILES string of the molecule is Cc1nc(C(=O)NCc2ccc(C#N)nc2)c(O)c2ccc(N3CCOCC3)nc12. The molecule has 3 aromatic rings. The molecule has 9 heteroatoms. The predicted molar refractivity (Wildman–Crippen MR) is 109 cm³/mol. The summed E-state index contributed by atoms with van der Waals surface area (Å²) >= 11 is 0. The fraction of sp³-hybridized carbons (Fsp3) is 0.286. The van der Waals surface area contributed by atoms with E-state index in [2.05, 4.69) is 25.2 Å². The first-order valence-corrected chi connectivity index (χ1v) is 9.53. The average Bonchev–Trinajstić information content (AvgIpc) is 2.80. The van der Waals surface area contributed by atoms with Gasteiger partial charge in [-0.25, -0.2) is 15.0 Å². The number of amides is 1. The molecule has 4 heterocycles. The Labute approximate surface area is 173 Å². The number of carbonyl (C=O) groups excluding carboxylic acids is 1. The van der Waals surface area contributed by atoms with Crippen LogP contribution in [-0.4, -0.2) is 52.3 Å². The van der Waals surface area contributed by atoms with Crippen molar-refractivity contribution in [1.29, 1.82) is 5.26 Å². The van der Waals surface area contributed by atoms with Crippen molar-refractivity contribution in [3.05, 3.63) is 53.1 Å². The molecule has 0 aliphatic carbocycles. The molecule has 0 atom stereocenters. The van der Waals surface area contributed by atoms with Gasteiger partial charge in [0.05, 0.1) is 24.4 Å². The topological polar surface area (TPSA) is 124 Å². The summed E-state index contributed by atoms with van der Waals surface area (Å²) in [7, 11) is 0. The number of fused-ring (bicyclic) bond motifs is 1. The zero-order valence-electron chi connectivity index (χ0n) is 16.4. The van der Waals surface area contributed by atoms with Gasteiger partial charge >= 0.3 is 0 Å². The summed E-state index contributed by atoms with van der Waals surface area (Å²) < 4.78 is 5.38. The molecule has 3 aromatic heterocycles. The van der Waals surface area contributed by atoms with E-state index in [0.717, 1.165) is 24.5 Å². The van der Waals surface area contributed by atoms with Gasteiger partial charge in [0.1, 0.15) is 17.6 Å². The van der Waals surface area contributed by atoms with Gasteiger partial charge in [0, 0.05) is 31.2 Å². The Bertz CT molecular complexity index is 1130. The normalized spacial score (nSPS) is 13.8. The van der Waals surface area contributed by atoms with E-state index in [1.807, 2.05) is 12.1 Å². The van der Waals surface area contributed by atoms with Crippen LogP contribution in [0, 0.1) is 18.3 Å². The minimum atomic E-state index is -0.501. The lowest BCUT2D eigenvalue weighted by atomic mass is 10.1. The number of aryl methyl sites for hydroxylation is 1. The van der Waals surface area contributed by atoms with E-state index < -0.39 is 5.91 Å². The van der Waals surface area contributed by atoms with Gasteiger partial charge in [-0.05, 0) is 30.7 Å². The van der Waals surface area contributed by atoms with Crippen LogP contribution in [0.5, 0.6) is 5.75 Å². The van der Waals surface area contributed by atoms with E-state index in [-0.39, 0.29) is 18.0 Å². The number of hydrogen-bond acceptors (Lipinski definition) is 8. The Morgan fingerprint density at radius 3 is 2.77 bits per heavy atom. The molecule has 9 nitrogen and oxygen atoms in total. The number of morpholine rings is 1. The minimum absolute atomic E-state index is 0.0532. The van der Waals surface area contributed by atoms with E-state index in [1.54, 1.807) is 25.1 Å². The van der Waals surface area contributed by atoms with Crippen molar-refractivity contribution < 1.29 is 14.6 Å². The molecule has 0 unspecified atom stereocenters. The lowest BCUT2D eigenvalue weighted by molar-refractivity contribution is 0.0943. The molecule has 1 saturated heterocycles. The number of hydrogen-bond donors (Lipinski definition) is 2. The number of aromatic hydroxyl groups is 1. The van der Waals surface area contributed by atoms with Crippen LogP contribution in [-0.2, 0) is 11.3 Å². The molecule has 4 rings (SSSR count). The summed E-state index contributed by atoms with van der Waals surface area (Å²) in [5.74, 6) is 0.0896. The molecule has 0 radical (unpaired) electrons. The van der Waals surface area contributed by atoms with Crippen molar-refractivity contribution in [2.24, 2.45) is 0 Å².